The van der Waals surface area contributed by atoms with Gasteiger partial charge in [-0.25, -0.2) is 8.42 Å². The van der Waals surface area contributed by atoms with Crippen molar-refractivity contribution in [2.24, 2.45) is 5.92 Å². The molecule has 1 amide bonds. The molecule has 1 N–H and O–H groups in total. The Morgan fingerprint density at radius 2 is 1.96 bits per heavy atom. The molecule has 8 heteroatoms. The van der Waals surface area contributed by atoms with Crippen molar-refractivity contribution in [2.45, 2.75) is 36.6 Å². The number of hydrogen-bond donors (Lipinski definition) is 1. The van der Waals surface area contributed by atoms with Gasteiger partial charge in [0.2, 0.25) is 15.9 Å². The second kappa shape index (κ2) is 6.59. The number of nitrogens with one attached hydrogen (secondary N) is 1. The highest BCUT2D eigenvalue weighted by atomic mass is 35.5. The van der Waals surface area contributed by atoms with Crippen molar-refractivity contribution in [1.29, 1.82) is 0 Å². The number of hydrogen-bond acceptors (Lipinski definition) is 3. The Hall–Kier alpha value is -0.820. The third kappa shape index (κ3) is 3.82. The number of piperidine rings is 1. The lowest BCUT2D eigenvalue weighted by Crippen LogP contribution is -2.45. The van der Waals surface area contributed by atoms with Crippen molar-refractivity contribution in [3.05, 3.63) is 28.2 Å². The fraction of sp³-hybridized carbons (Fsp3) is 0.533. The molecule has 1 atom stereocenters. The molecule has 1 heterocycles. The molecule has 3 rings (SSSR count). The van der Waals surface area contributed by atoms with Crippen LogP contribution in [0.1, 0.15) is 25.7 Å². The standard InChI is InChI=1S/C15H18Cl2N2O3S/c16-11-3-6-13(17)14(8-11)23(21,22)19-7-1-2-10(9-19)15(20)18-12-4-5-12/h3,6,8,10,12H,1-2,4-5,7,9H2,(H,18,20)/t10-/m1/s1. The van der Waals surface area contributed by atoms with Gasteiger partial charge in [-0.2, -0.15) is 4.31 Å². The van der Waals surface area contributed by atoms with E-state index in [1.54, 1.807) is 6.07 Å². The highest BCUT2D eigenvalue weighted by Gasteiger charge is 2.36. The van der Waals surface area contributed by atoms with Gasteiger partial charge in [0.1, 0.15) is 4.90 Å². The fourth-order valence-corrected chi connectivity index (χ4v) is 5.00. The van der Waals surface area contributed by atoms with Crippen molar-refractivity contribution < 1.29 is 13.2 Å². The topological polar surface area (TPSA) is 66.5 Å². The summed E-state index contributed by atoms with van der Waals surface area (Å²) in [5.74, 6) is -0.360. The van der Waals surface area contributed by atoms with Crippen LogP contribution >= 0.6 is 23.2 Å². The Bertz CT molecular complexity index is 719. The zero-order valence-corrected chi connectivity index (χ0v) is 14.8. The molecule has 2 fully saturated rings. The Kier molecular flexibility index (Phi) is 4.88. The fourth-order valence-electron chi connectivity index (χ4n) is 2.74. The van der Waals surface area contributed by atoms with Crippen molar-refractivity contribution in [3.63, 3.8) is 0 Å². The number of amides is 1. The molecule has 23 heavy (non-hydrogen) atoms. The third-order valence-electron chi connectivity index (χ3n) is 4.19. The first-order valence-corrected chi connectivity index (χ1v) is 9.83. The molecule has 1 aliphatic carbocycles. The van der Waals surface area contributed by atoms with E-state index in [9.17, 15) is 13.2 Å². The Labute approximate surface area is 146 Å². The van der Waals surface area contributed by atoms with Gasteiger partial charge in [0.05, 0.1) is 10.9 Å². The van der Waals surface area contributed by atoms with Crippen LogP contribution in [0.4, 0.5) is 0 Å². The van der Waals surface area contributed by atoms with Crippen LogP contribution in [-0.4, -0.2) is 37.8 Å². The van der Waals surface area contributed by atoms with Gasteiger partial charge in [-0.15, -0.1) is 0 Å². The number of sulfonamides is 1. The Balaban J connectivity index is 1.79. The van der Waals surface area contributed by atoms with Crippen LogP contribution in [0.2, 0.25) is 10.0 Å². The number of rotatable bonds is 4. The van der Waals surface area contributed by atoms with Crippen molar-refractivity contribution >= 4 is 39.1 Å². The first-order chi connectivity index (χ1) is 10.9. The van der Waals surface area contributed by atoms with E-state index in [1.807, 2.05) is 0 Å². The van der Waals surface area contributed by atoms with Gasteiger partial charge >= 0.3 is 0 Å². The Morgan fingerprint density at radius 1 is 1.22 bits per heavy atom. The number of carbonyl (C=O) groups is 1. The van der Waals surface area contributed by atoms with E-state index >= 15 is 0 Å². The van der Waals surface area contributed by atoms with E-state index in [0.29, 0.717) is 24.4 Å². The molecule has 1 saturated heterocycles. The van der Waals surface area contributed by atoms with Crippen LogP contribution in [0, 0.1) is 5.92 Å². The summed E-state index contributed by atoms with van der Waals surface area (Å²) in [6.45, 7) is 0.572. The molecule has 2 aliphatic rings. The van der Waals surface area contributed by atoms with Crippen LogP contribution in [0.3, 0.4) is 0 Å². The summed E-state index contributed by atoms with van der Waals surface area (Å²) in [6.07, 6.45) is 3.38. The zero-order valence-electron chi connectivity index (χ0n) is 12.5. The monoisotopic (exact) mass is 376 g/mol. The first kappa shape index (κ1) is 17.0. The number of halogens is 2. The van der Waals surface area contributed by atoms with Crippen molar-refractivity contribution in [3.8, 4) is 0 Å². The molecule has 1 aromatic carbocycles. The molecule has 1 aliphatic heterocycles. The van der Waals surface area contributed by atoms with Gasteiger partial charge in [0.15, 0.2) is 0 Å². The maximum Gasteiger partial charge on any atom is 0.244 e. The SMILES string of the molecule is O=C(NC1CC1)[C@@H]1CCCN(S(=O)(=O)c2cc(Cl)ccc2Cl)C1. The molecule has 1 saturated carbocycles. The van der Waals surface area contributed by atoms with Crippen LogP contribution in [0.25, 0.3) is 0 Å². The number of carbonyl (C=O) groups excluding carboxylic acids is 1. The van der Waals surface area contributed by atoms with Crippen LogP contribution < -0.4 is 5.32 Å². The molecule has 126 valence electrons. The minimum atomic E-state index is -3.76. The predicted octanol–water partition coefficient (Wildman–Crippen LogP) is 2.67. The van der Waals surface area contributed by atoms with E-state index in [4.69, 9.17) is 23.2 Å². The van der Waals surface area contributed by atoms with Gasteiger partial charge in [0, 0.05) is 24.2 Å². The minimum Gasteiger partial charge on any atom is -0.353 e. The molecular weight excluding hydrogens is 359 g/mol. The van der Waals surface area contributed by atoms with E-state index in [-0.39, 0.29) is 34.3 Å². The molecule has 0 bridgehead atoms. The minimum absolute atomic E-state index is 0.00471. The lowest BCUT2D eigenvalue weighted by Gasteiger charge is -2.31. The maximum atomic E-state index is 12.8. The maximum absolute atomic E-state index is 12.8. The summed E-state index contributed by atoms with van der Waals surface area (Å²) < 4.78 is 27.0. The molecule has 0 aromatic heterocycles. The summed E-state index contributed by atoms with van der Waals surface area (Å²) in [7, 11) is -3.76. The average Bonchev–Trinajstić information content (AvgIpc) is 3.33. The zero-order chi connectivity index (χ0) is 16.6. The second-order valence-electron chi connectivity index (χ2n) is 6.06. The Morgan fingerprint density at radius 3 is 2.65 bits per heavy atom. The average molecular weight is 377 g/mol. The summed E-state index contributed by atoms with van der Waals surface area (Å²) >= 11 is 11.9. The second-order valence-corrected chi connectivity index (χ2v) is 8.81. The van der Waals surface area contributed by atoms with E-state index in [0.717, 1.165) is 12.8 Å². The summed E-state index contributed by atoms with van der Waals surface area (Å²) in [6, 6.07) is 4.65. The molecule has 5 nitrogen and oxygen atoms in total. The molecule has 1 aromatic rings. The highest BCUT2D eigenvalue weighted by molar-refractivity contribution is 7.89. The molecule has 0 spiro atoms. The number of nitrogens with zero attached hydrogens (tertiary/aromatic N) is 1. The van der Waals surface area contributed by atoms with Gasteiger partial charge < -0.3 is 5.32 Å². The number of benzene rings is 1. The van der Waals surface area contributed by atoms with Crippen LogP contribution in [-0.2, 0) is 14.8 Å². The summed E-state index contributed by atoms with van der Waals surface area (Å²) in [5.41, 5.74) is 0. The largest absolute Gasteiger partial charge is 0.353 e. The summed E-state index contributed by atoms with van der Waals surface area (Å²) in [4.78, 5) is 12.2. The molecule has 0 unspecified atom stereocenters. The summed E-state index contributed by atoms with van der Waals surface area (Å²) in [5, 5.41) is 3.40. The first-order valence-electron chi connectivity index (χ1n) is 7.63. The van der Waals surface area contributed by atoms with Gasteiger partial charge in [-0.3, -0.25) is 4.79 Å². The van der Waals surface area contributed by atoms with E-state index < -0.39 is 10.0 Å². The lowest BCUT2D eigenvalue weighted by molar-refractivity contribution is -0.126. The molecular formula is C15H18Cl2N2O3S. The van der Waals surface area contributed by atoms with Crippen LogP contribution in [0.15, 0.2) is 23.1 Å². The van der Waals surface area contributed by atoms with E-state index in [2.05, 4.69) is 5.32 Å². The quantitative estimate of drug-likeness (QED) is 0.878. The molecule has 0 radical (unpaired) electrons. The lowest BCUT2D eigenvalue weighted by atomic mass is 9.99. The van der Waals surface area contributed by atoms with E-state index in [1.165, 1.54) is 16.4 Å². The smallest absolute Gasteiger partial charge is 0.244 e. The third-order valence-corrected chi connectivity index (χ3v) is 6.77. The predicted molar refractivity (Wildman–Crippen MR) is 89.1 cm³/mol. The van der Waals surface area contributed by atoms with Crippen molar-refractivity contribution in [1.82, 2.24) is 9.62 Å². The normalized spacial score (nSPS) is 22.8. The van der Waals surface area contributed by atoms with Gasteiger partial charge in [0.25, 0.3) is 0 Å². The highest BCUT2D eigenvalue weighted by Crippen LogP contribution is 2.30. The van der Waals surface area contributed by atoms with Crippen molar-refractivity contribution in [2.75, 3.05) is 13.1 Å². The van der Waals surface area contributed by atoms with Gasteiger partial charge in [-0.1, -0.05) is 23.2 Å². The van der Waals surface area contributed by atoms with Crippen LogP contribution in [0.5, 0.6) is 0 Å². The van der Waals surface area contributed by atoms with Gasteiger partial charge in [-0.05, 0) is 43.9 Å².